The third-order valence-corrected chi connectivity index (χ3v) is 3.86. The summed E-state index contributed by atoms with van der Waals surface area (Å²) >= 11 is 0. The fourth-order valence-electron chi connectivity index (χ4n) is 1.17. The summed E-state index contributed by atoms with van der Waals surface area (Å²) in [7, 11) is -1.85. The molecule has 0 aliphatic rings. The smallest absolute Gasteiger partial charge is 0.410 e. The SMILES string of the molecule is C=COP(=O)(OC)c1ccccc1C. The minimum Gasteiger partial charge on any atom is -0.430 e. The monoisotopic (exact) mass is 212 g/mol. The molecule has 0 bridgehead atoms. The average molecular weight is 212 g/mol. The Morgan fingerprint density at radius 2 is 2.07 bits per heavy atom. The van der Waals surface area contributed by atoms with Gasteiger partial charge >= 0.3 is 7.60 Å². The first-order valence-electron chi connectivity index (χ1n) is 4.15. The molecule has 4 heteroatoms. The van der Waals surface area contributed by atoms with Gasteiger partial charge in [-0.2, -0.15) is 0 Å². The van der Waals surface area contributed by atoms with E-state index in [9.17, 15) is 4.57 Å². The predicted octanol–water partition coefficient (Wildman–Crippen LogP) is 2.62. The highest BCUT2D eigenvalue weighted by Crippen LogP contribution is 2.46. The van der Waals surface area contributed by atoms with Gasteiger partial charge in [-0.15, -0.1) is 0 Å². The molecular formula is C10H13O3P. The van der Waals surface area contributed by atoms with Gasteiger partial charge in [0.05, 0.1) is 11.6 Å². The van der Waals surface area contributed by atoms with Gasteiger partial charge < -0.3 is 4.52 Å². The maximum atomic E-state index is 12.1. The van der Waals surface area contributed by atoms with Crippen LogP contribution in [0.3, 0.4) is 0 Å². The lowest BCUT2D eigenvalue weighted by Gasteiger charge is -2.16. The van der Waals surface area contributed by atoms with Crippen LogP contribution in [0.1, 0.15) is 5.56 Å². The Hall–Kier alpha value is -1.05. The van der Waals surface area contributed by atoms with Crippen molar-refractivity contribution in [1.29, 1.82) is 0 Å². The molecule has 1 rings (SSSR count). The van der Waals surface area contributed by atoms with Gasteiger partial charge in [0, 0.05) is 7.11 Å². The normalized spacial score (nSPS) is 14.4. The highest BCUT2D eigenvalue weighted by molar-refractivity contribution is 7.62. The van der Waals surface area contributed by atoms with E-state index in [2.05, 4.69) is 6.58 Å². The van der Waals surface area contributed by atoms with E-state index < -0.39 is 7.60 Å². The zero-order valence-corrected chi connectivity index (χ0v) is 9.16. The molecule has 1 aromatic carbocycles. The molecule has 0 heterocycles. The Labute approximate surface area is 83.9 Å². The summed E-state index contributed by atoms with van der Waals surface area (Å²) < 4.78 is 21.9. The zero-order valence-electron chi connectivity index (χ0n) is 8.27. The van der Waals surface area contributed by atoms with Crippen LogP contribution in [0, 0.1) is 6.92 Å². The van der Waals surface area contributed by atoms with Crippen molar-refractivity contribution in [2.45, 2.75) is 6.92 Å². The Morgan fingerprint density at radius 1 is 1.43 bits per heavy atom. The van der Waals surface area contributed by atoms with Gasteiger partial charge in [0.25, 0.3) is 0 Å². The van der Waals surface area contributed by atoms with E-state index in [4.69, 9.17) is 9.05 Å². The van der Waals surface area contributed by atoms with Crippen LogP contribution in [0.5, 0.6) is 0 Å². The Kier molecular flexibility index (Phi) is 3.50. The maximum absolute atomic E-state index is 12.1. The van der Waals surface area contributed by atoms with Crippen molar-refractivity contribution < 1.29 is 13.6 Å². The molecule has 0 saturated heterocycles. The van der Waals surface area contributed by atoms with Crippen molar-refractivity contribution in [1.82, 2.24) is 0 Å². The van der Waals surface area contributed by atoms with Crippen LogP contribution < -0.4 is 5.30 Å². The first-order chi connectivity index (χ1) is 6.64. The van der Waals surface area contributed by atoms with Crippen molar-refractivity contribution in [2.75, 3.05) is 7.11 Å². The molecule has 3 nitrogen and oxygen atoms in total. The molecule has 0 N–H and O–H groups in total. The number of hydrogen-bond donors (Lipinski definition) is 0. The summed E-state index contributed by atoms with van der Waals surface area (Å²) in [5, 5.41) is 0.572. The zero-order chi connectivity index (χ0) is 10.6. The van der Waals surface area contributed by atoms with E-state index in [0.29, 0.717) is 5.30 Å². The molecule has 0 amide bonds. The van der Waals surface area contributed by atoms with Gasteiger partial charge in [0.2, 0.25) is 0 Å². The molecule has 0 radical (unpaired) electrons. The molecule has 1 unspecified atom stereocenters. The average Bonchev–Trinajstić information content (AvgIpc) is 2.18. The van der Waals surface area contributed by atoms with Crippen molar-refractivity contribution in [3.8, 4) is 0 Å². The van der Waals surface area contributed by atoms with Gasteiger partial charge in [0.15, 0.2) is 0 Å². The lowest BCUT2D eigenvalue weighted by Crippen LogP contribution is -2.10. The van der Waals surface area contributed by atoms with Gasteiger partial charge in [-0.1, -0.05) is 24.8 Å². The van der Waals surface area contributed by atoms with Crippen LogP contribution in [0.4, 0.5) is 0 Å². The third-order valence-electron chi connectivity index (χ3n) is 1.86. The van der Waals surface area contributed by atoms with E-state index in [1.54, 1.807) is 12.1 Å². The van der Waals surface area contributed by atoms with Crippen LogP contribution in [0.15, 0.2) is 37.1 Å². The highest BCUT2D eigenvalue weighted by Gasteiger charge is 2.27. The van der Waals surface area contributed by atoms with Crippen LogP contribution in [0.25, 0.3) is 0 Å². The van der Waals surface area contributed by atoms with E-state index in [1.165, 1.54) is 7.11 Å². The fourth-order valence-corrected chi connectivity index (χ4v) is 2.53. The fraction of sp³-hybridized carbons (Fsp3) is 0.200. The molecule has 0 aliphatic carbocycles. The molecule has 14 heavy (non-hydrogen) atoms. The first kappa shape index (κ1) is 11.0. The standard InChI is InChI=1S/C10H13O3P/c1-4-13-14(11,12-3)10-8-6-5-7-9(10)2/h4-8H,1H2,2-3H3. The van der Waals surface area contributed by atoms with E-state index in [1.807, 2.05) is 19.1 Å². The Morgan fingerprint density at radius 3 is 2.57 bits per heavy atom. The minimum absolute atomic E-state index is 0.572. The van der Waals surface area contributed by atoms with Crippen molar-refractivity contribution in [3.05, 3.63) is 42.7 Å². The molecule has 0 saturated carbocycles. The number of aryl methyl sites for hydroxylation is 1. The van der Waals surface area contributed by atoms with E-state index >= 15 is 0 Å². The van der Waals surface area contributed by atoms with E-state index in [-0.39, 0.29) is 0 Å². The minimum atomic E-state index is -3.21. The maximum Gasteiger partial charge on any atom is 0.410 e. The lowest BCUT2D eigenvalue weighted by molar-refractivity contribution is 0.311. The summed E-state index contributed by atoms with van der Waals surface area (Å²) in [6, 6.07) is 7.24. The molecule has 0 aliphatic heterocycles. The van der Waals surface area contributed by atoms with Crippen LogP contribution in [0.2, 0.25) is 0 Å². The second kappa shape index (κ2) is 4.45. The third kappa shape index (κ3) is 2.06. The molecule has 0 aromatic heterocycles. The van der Waals surface area contributed by atoms with Gasteiger partial charge in [-0.25, -0.2) is 4.57 Å². The van der Waals surface area contributed by atoms with Crippen molar-refractivity contribution in [2.24, 2.45) is 0 Å². The topological polar surface area (TPSA) is 35.5 Å². The predicted molar refractivity (Wildman–Crippen MR) is 56.7 cm³/mol. The molecule has 1 atom stereocenters. The number of benzene rings is 1. The van der Waals surface area contributed by atoms with Gasteiger partial charge in [0.1, 0.15) is 0 Å². The quantitative estimate of drug-likeness (QED) is 0.568. The molecular weight excluding hydrogens is 199 g/mol. The summed E-state index contributed by atoms with van der Waals surface area (Å²) in [6.07, 6.45) is 1.14. The summed E-state index contributed by atoms with van der Waals surface area (Å²) in [5.74, 6) is 0. The summed E-state index contributed by atoms with van der Waals surface area (Å²) in [4.78, 5) is 0. The van der Waals surface area contributed by atoms with Crippen molar-refractivity contribution >= 4 is 12.9 Å². The highest BCUT2D eigenvalue weighted by atomic mass is 31.2. The Balaban J connectivity index is 3.19. The van der Waals surface area contributed by atoms with Crippen molar-refractivity contribution in [3.63, 3.8) is 0 Å². The van der Waals surface area contributed by atoms with Crippen LogP contribution in [-0.2, 0) is 13.6 Å². The number of hydrogen-bond acceptors (Lipinski definition) is 3. The second-order valence-corrected chi connectivity index (χ2v) is 4.79. The largest absolute Gasteiger partial charge is 0.430 e. The first-order valence-corrected chi connectivity index (χ1v) is 5.69. The summed E-state index contributed by atoms with van der Waals surface area (Å²) in [6.45, 7) is 5.23. The molecule has 1 aromatic rings. The molecule has 0 spiro atoms. The van der Waals surface area contributed by atoms with E-state index in [0.717, 1.165) is 11.8 Å². The van der Waals surface area contributed by atoms with Gasteiger partial charge in [-0.05, 0) is 18.6 Å². The number of rotatable bonds is 4. The molecule has 76 valence electrons. The van der Waals surface area contributed by atoms with Gasteiger partial charge in [-0.3, -0.25) is 4.52 Å². The summed E-state index contributed by atoms with van der Waals surface area (Å²) in [5.41, 5.74) is 0.875. The molecule has 0 fully saturated rings. The van der Waals surface area contributed by atoms with Crippen LogP contribution >= 0.6 is 7.60 Å². The Bertz CT molecular complexity index is 373. The second-order valence-electron chi connectivity index (χ2n) is 2.74. The lowest BCUT2D eigenvalue weighted by atomic mass is 10.2. The van der Waals surface area contributed by atoms with Crippen LogP contribution in [-0.4, -0.2) is 7.11 Å².